The fraction of sp³-hybridized carbons (Fsp3) is 0.500. The molecule has 3 aliphatic rings. The summed E-state index contributed by atoms with van der Waals surface area (Å²) in [6.07, 6.45) is 1.78. The van der Waals surface area contributed by atoms with E-state index in [-0.39, 0.29) is 23.1 Å². The average Bonchev–Trinajstić information content (AvgIpc) is 3.14. The van der Waals surface area contributed by atoms with Gasteiger partial charge in [-0.1, -0.05) is 18.2 Å². The third-order valence-corrected chi connectivity index (χ3v) is 6.85. The largest absolute Gasteiger partial charge is 0.342 e. The molecule has 0 saturated carbocycles. The van der Waals surface area contributed by atoms with Crippen LogP contribution in [-0.4, -0.2) is 58.1 Å². The van der Waals surface area contributed by atoms with Crippen molar-refractivity contribution in [2.24, 2.45) is 0 Å². The first kappa shape index (κ1) is 16.4. The van der Waals surface area contributed by atoms with Gasteiger partial charge in [-0.3, -0.25) is 14.9 Å². The Kier molecular flexibility index (Phi) is 3.98. The van der Waals surface area contributed by atoms with Crippen LogP contribution < -0.4 is 5.32 Å². The summed E-state index contributed by atoms with van der Waals surface area (Å²) in [7, 11) is 0. The van der Waals surface area contributed by atoms with Crippen molar-refractivity contribution in [1.82, 2.24) is 15.1 Å². The fourth-order valence-electron chi connectivity index (χ4n) is 4.16. The first-order chi connectivity index (χ1) is 12.0. The molecule has 0 unspecified atom stereocenters. The highest BCUT2D eigenvalue weighted by Gasteiger charge is 2.54. The summed E-state index contributed by atoms with van der Waals surface area (Å²) in [5, 5.41) is 2.35. The molecular formula is C18H21N3O3S. The molecule has 3 aliphatic heterocycles. The van der Waals surface area contributed by atoms with Crippen molar-refractivity contribution in [3.63, 3.8) is 0 Å². The minimum Gasteiger partial charge on any atom is -0.342 e. The van der Waals surface area contributed by atoms with Crippen LogP contribution in [0, 0.1) is 0 Å². The Labute approximate surface area is 150 Å². The van der Waals surface area contributed by atoms with Gasteiger partial charge in [-0.25, -0.2) is 4.79 Å². The van der Waals surface area contributed by atoms with Gasteiger partial charge in [0.1, 0.15) is 5.54 Å². The first-order valence-electron chi connectivity index (χ1n) is 8.71. The fourth-order valence-corrected chi connectivity index (χ4v) is 5.44. The lowest BCUT2D eigenvalue weighted by molar-refractivity contribution is -0.137. The number of thioether (sulfide) groups is 1. The molecule has 4 amide bonds. The number of piperidine rings is 1. The van der Waals surface area contributed by atoms with Crippen molar-refractivity contribution in [3.05, 3.63) is 29.8 Å². The molecule has 1 aromatic rings. The number of benzene rings is 1. The van der Waals surface area contributed by atoms with Gasteiger partial charge in [0.25, 0.3) is 5.91 Å². The molecule has 2 saturated heterocycles. The molecule has 4 rings (SSSR count). The summed E-state index contributed by atoms with van der Waals surface area (Å²) in [4.78, 5) is 41.8. The molecule has 25 heavy (non-hydrogen) atoms. The third-order valence-electron chi connectivity index (χ3n) is 5.55. The normalized spacial score (nSPS) is 24.6. The average molecular weight is 359 g/mol. The topological polar surface area (TPSA) is 69.7 Å². The van der Waals surface area contributed by atoms with Crippen LogP contribution in [0.1, 0.15) is 25.3 Å². The van der Waals surface area contributed by atoms with Gasteiger partial charge in [-0.15, -0.1) is 11.8 Å². The first-order valence-corrected chi connectivity index (χ1v) is 9.59. The second kappa shape index (κ2) is 6.05. The summed E-state index contributed by atoms with van der Waals surface area (Å²) in [5.41, 5.74) is 0.464. The van der Waals surface area contributed by atoms with Crippen LogP contribution in [0.3, 0.4) is 0 Å². The number of likely N-dealkylation sites (N-methyl/N-ethyl adjacent to an activating group) is 1. The molecule has 1 atom stereocenters. The molecule has 1 aromatic carbocycles. The smallest absolute Gasteiger partial charge is 0.325 e. The maximum Gasteiger partial charge on any atom is 0.325 e. The number of carbonyl (C=O) groups is 3. The Morgan fingerprint density at radius 1 is 1.28 bits per heavy atom. The minimum atomic E-state index is -0.769. The molecular weight excluding hydrogens is 338 g/mol. The van der Waals surface area contributed by atoms with Gasteiger partial charge in [0.05, 0.1) is 5.25 Å². The standard InChI is InChI=1S/C18H21N3O3S/c1-2-21-17(24)19-16(23)18(21)7-9-20(10-8-18)15(22)14-11-12-5-3-4-6-13(12)25-14/h3-6,14H,2,7-11H2,1H3,(H,19,23,24)/t14-/m0/s1. The van der Waals surface area contributed by atoms with Crippen molar-refractivity contribution in [1.29, 1.82) is 0 Å². The highest BCUT2D eigenvalue weighted by atomic mass is 32.2. The van der Waals surface area contributed by atoms with E-state index in [0.29, 0.717) is 32.5 Å². The predicted octanol–water partition coefficient (Wildman–Crippen LogP) is 1.64. The van der Waals surface area contributed by atoms with Gasteiger partial charge in [0.15, 0.2) is 0 Å². The Bertz CT molecular complexity index is 718. The van der Waals surface area contributed by atoms with E-state index in [0.717, 1.165) is 6.42 Å². The number of imide groups is 1. The van der Waals surface area contributed by atoms with Crippen LogP contribution in [0.2, 0.25) is 0 Å². The Hall–Kier alpha value is -2.02. The van der Waals surface area contributed by atoms with Crippen LogP contribution in [0.5, 0.6) is 0 Å². The summed E-state index contributed by atoms with van der Waals surface area (Å²) >= 11 is 1.63. The number of nitrogens with one attached hydrogen (secondary N) is 1. The molecule has 6 nitrogen and oxygen atoms in total. The van der Waals surface area contributed by atoms with E-state index < -0.39 is 5.54 Å². The molecule has 0 bridgehead atoms. The highest BCUT2D eigenvalue weighted by Crippen LogP contribution is 2.39. The van der Waals surface area contributed by atoms with E-state index in [1.807, 2.05) is 24.0 Å². The monoisotopic (exact) mass is 359 g/mol. The second-order valence-corrected chi connectivity index (χ2v) is 8.02. The third kappa shape index (κ3) is 2.52. The number of hydrogen-bond donors (Lipinski definition) is 1. The van der Waals surface area contributed by atoms with Crippen molar-refractivity contribution >= 4 is 29.6 Å². The van der Waals surface area contributed by atoms with Gasteiger partial charge in [-0.05, 0) is 37.8 Å². The van der Waals surface area contributed by atoms with Crippen LogP contribution in [-0.2, 0) is 16.0 Å². The zero-order valence-electron chi connectivity index (χ0n) is 14.2. The Morgan fingerprint density at radius 2 is 2.00 bits per heavy atom. The van der Waals surface area contributed by atoms with Gasteiger partial charge in [-0.2, -0.15) is 0 Å². The van der Waals surface area contributed by atoms with E-state index in [9.17, 15) is 14.4 Å². The number of urea groups is 1. The minimum absolute atomic E-state index is 0.0761. The van der Waals surface area contributed by atoms with E-state index in [2.05, 4.69) is 17.4 Å². The van der Waals surface area contributed by atoms with E-state index in [1.54, 1.807) is 16.7 Å². The summed E-state index contributed by atoms with van der Waals surface area (Å²) in [5.74, 6) is -0.0714. The SMILES string of the molecule is CCN1C(=O)NC(=O)C12CCN(C(=O)[C@@H]1Cc3ccccc3S1)CC2. The molecule has 0 aliphatic carbocycles. The van der Waals surface area contributed by atoms with Crippen LogP contribution >= 0.6 is 11.8 Å². The number of hydrogen-bond acceptors (Lipinski definition) is 4. The van der Waals surface area contributed by atoms with Crippen molar-refractivity contribution < 1.29 is 14.4 Å². The van der Waals surface area contributed by atoms with Crippen LogP contribution in [0.4, 0.5) is 4.79 Å². The van der Waals surface area contributed by atoms with Gasteiger partial charge in [0, 0.05) is 24.5 Å². The van der Waals surface area contributed by atoms with E-state index >= 15 is 0 Å². The zero-order chi connectivity index (χ0) is 17.6. The number of carbonyl (C=O) groups excluding carboxylic acids is 3. The molecule has 3 heterocycles. The molecule has 1 N–H and O–H groups in total. The van der Waals surface area contributed by atoms with E-state index in [1.165, 1.54) is 10.5 Å². The number of rotatable bonds is 2. The Morgan fingerprint density at radius 3 is 2.68 bits per heavy atom. The number of fused-ring (bicyclic) bond motifs is 1. The maximum absolute atomic E-state index is 12.9. The molecule has 0 aromatic heterocycles. The predicted molar refractivity (Wildman–Crippen MR) is 94.3 cm³/mol. The molecule has 7 heteroatoms. The van der Waals surface area contributed by atoms with Gasteiger partial charge >= 0.3 is 6.03 Å². The van der Waals surface area contributed by atoms with Crippen molar-refractivity contribution in [3.8, 4) is 0 Å². The lowest BCUT2D eigenvalue weighted by atomic mass is 9.86. The lowest BCUT2D eigenvalue weighted by Gasteiger charge is -2.42. The molecule has 1 spiro atoms. The summed E-state index contributed by atoms with van der Waals surface area (Å²) < 4.78 is 0. The van der Waals surface area contributed by atoms with Crippen LogP contribution in [0.15, 0.2) is 29.2 Å². The Balaban J connectivity index is 1.43. The van der Waals surface area contributed by atoms with Gasteiger partial charge in [0.2, 0.25) is 5.91 Å². The maximum atomic E-state index is 12.9. The van der Waals surface area contributed by atoms with E-state index in [4.69, 9.17) is 0 Å². The van der Waals surface area contributed by atoms with Gasteiger partial charge < -0.3 is 9.80 Å². The molecule has 0 radical (unpaired) electrons. The quantitative estimate of drug-likeness (QED) is 0.815. The number of amides is 4. The number of likely N-dealkylation sites (tertiary alicyclic amines) is 1. The van der Waals surface area contributed by atoms with Crippen molar-refractivity contribution in [2.45, 2.75) is 41.9 Å². The van der Waals surface area contributed by atoms with Crippen molar-refractivity contribution in [2.75, 3.05) is 19.6 Å². The molecule has 2 fully saturated rings. The molecule has 132 valence electrons. The second-order valence-electron chi connectivity index (χ2n) is 6.78. The highest BCUT2D eigenvalue weighted by molar-refractivity contribution is 8.01. The zero-order valence-corrected chi connectivity index (χ0v) is 15.0. The lowest BCUT2D eigenvalue weighted by Crippen LogP contribution is -2.58. The number of nitrogens with zero attached hydrogens (tertiary/aromatic N) is 2. The van der Waals surface area contributed by atoms with Crippen LogP contribution in [0.25, 0.3) is 0 Å². The summed E-state index contributed by atoms with van der Waals surface area (Å²) in [6, 6.07) is 7.83. The summed E-state index contributed by atoms with van der Waals surface area (Å²) in [6.45, 7) is 3.41.